The smallest absolute Gasteiger partial charge is 0.243 e. The first kappa shape index (κ1) is 33.4. The van der Waals surface area contributed by atoms with E-state index in [9.17, 15) is 34.8 Å². The Kier molecular flexibility index (Phi) is 10.7. The third-order valence-corrected chi connectivity index (χ3v) is 7.80. The quantitative estimate of drug-likeness (QED) is 0.0814. The van der Waals surface area contributed by atoms with Crippen molar-refractivity contribution in [3.05, 3.63) is 84.4 Å². The summed E-state index contributed by atoms with van der Waals surface area (Å²) in [7, 11) is 0. The van der Waals surface area contributed by atoms with Crippen molar-refractivity contribution >= 4 is 34.7 Å². The Morgan fingerprint density at radius 1 is 0.851 bits per heavy atom. The Labute approximate surface area is 268 Å². The number of ether oxygens (including phenoxy) is 1. The fraction of sp³-hybridized carbons (Fsp3) is 0.355. The van der Waals surface area contributed by atoms with Crippen LogP contribution < -0.4 is 21.7 Å². The summed E-state index contributed by atoms with van der Waals surface area (Å²) in [6.07, 6.45) is -3.57. The van der Waals surface area contributed by atoms with Crippen LogP contribution in [0, 0.1) is 0 Å². The number of amides is 3. The van der Waals surface area contributed by atoms with Gasteiger partial charge in [-0.1, -0.05) is 60.7 Å². The Balaban J connectivity index is 1.35. The van der Waals surface area contributed by atoms with Crippen molar-refractivity contribution in [3.63, 3.8) is 0 Å². The van der Waals surface area contributed by atoms with E-state index >= 15 is 0 Å². The highest BCUT2D eigenvalue weighted by atomic mass is 16.6. The number of nitrogens with two attached hydrogens (primary N) is 1. The molecular formula is C31H36N8O8. The van der Waals surface area contributed by atoms with Crippen molar-refractivity contribution in [2.45, 2.75) is 62.1 Å². The predicted molar refractivity (Wildman–Crippen MR) is 166 cm³/mol. The molecule has 0 radical (unpaired) electrons. The van der Waals surface area contributed by atoms with E-state index in [0.29, 0.717) is 16.7 Å². The molecule has 3 heterocycles. The van der Waals surface area contributed by atoms with E-state index in [4.69, 9.17) is 10.5 Å². The van der Waals surface area contributed by atoms with Crippen LogP contribution in [0.5, 0.6) is 0 Å². The van der Waals surface area contributed by atoms with Crippen LogP contribution in [0.25, 0.3) is 11.2 Å². The molecule has 1 fully saturated rings. The molecule has 1 aliphatic rings. The Hall–Kier alpha value is -5.00. The van der Waals surface area contributed by atoms with E-state index < -0.39 is 67.1 Å². The molecule has 0 aliphatic carbocycles. The fourth-order valence-electron chi connectivity index (χ4n) is 5.32. The van der Waals surface area contributed by atoms with Gasteiger partial charge in [-0.3, -0.25) is 14.4 Å². The molecule has 1 aliphatic heterocycles. The number of imidazole rings is 1. The van der Waals surface area contributed by atoms with Crippen LogP contribution in [0.1, 0.15) is 11.1 Å². The largest absolute Gasteiger partial charge is 0.394 e. The molecule has 5 rings (SSSR count). The van der Waals surface area contributed by atoms with Gasteiger partial charge in [0.1, 0.15) is 54.8 Å². The van der Waals surface area contributed by atoms with Gasteiger partial charge in [0.05, 0.1) is 12.9 Å². The van der Waals surface area contributed by atoms with Crippen LogP contribution >= 0.6 is 0 Å². The number of hydrogen-bond donors (Lipinski definition) is 8. The number of rotatable bonds is 12. The number of nitrogens with one attached hydrogen (secondary N) is 3. The Morgan fingerprint density at radius 2 is 1.47 bits per heavy atom. The molecule has 7 atom stereocenters. The van der Waals surface area contributed by atoms with E-state index in [1.54, 1.807) is 54.6 Å². The van der Waals surface area contributed by atoms with Crippen molar-refractivity contribution < 1.29 is 39.5 Å². The predicted octanol–water partition coefficient (Wildman–Crippen LogP) is -2.22. The molecular weight excluding hydrogens is 612 g/mol. The number of aliphatic hydroxyl groups is 4. The molecule has 47 heavy (non-hydrogen) atoms. The zero-order valence-corrected chi connectivity index (χ0v) is 25.1. The minimum Gasteiger partial charge on any atom is -0.394 e. The lowest BCUT2D eigenvalue weighted by Gasteiger charge is -2.40. The number of benzene rings is 2. The summed E-state index contributed by atoms with van der Waals surface area (Å²) < 4.78 is 6.62. The first-order valence-electron chi connectivity index (χ1n) is 14.8. The van der Waals surface area contributed by atoms with Crippen LogP contribution in [-0.2, 0) is 38.5 Å². The molecule has 1 saturated heterocycles. The van der Waals surface area contributed by atoms with E-state index in [1.165, 1.54) is 17.2 Å². The number of aromatic nitrogens is 4. The van der Waals surface area contributed by atoms with Crippen molar-refractivity contribution in [1.29, 1.82) is 0 Å². The number of nitrogen functional groups attached to an aromatic ring is 1. The maximum Gasteiger partial charge on any atom is 0.243 e. The van der Waals surface area contributed by atoms with Gasteiger partial charge in [-0.25, -0.2) is 15.0 Å². The number of aliphatic hydroxyl groups excluding tert-OH is 4. The van der Waals surface area contributed by atoms with E-state index in [1.807, 2.05) is 6.07 Å². The second-order valence-electron chi connectivity index (χ2n) is 11.1. The summed E-state index contributed by atoms with van der Waals surface area (Å²) in [6.45, 7) is -0.913. The number of anilines is 1. The van der Waals surface area contributed by atoms with Crippen LogP contribution in [0.2, 0.25) is 0 Å². The lowest BCUT2D eigenvalue weighted by atomic mass is 9.96. The zero-order valence-electron chi connectivity index (χ0n) is 25.1. The minimum absolute atomic E-state index is 0.00809. The Bertz CT molecular complexity index is 1670. The maximum atomic E-state index is 13.8. The molecule has 7 unspecified atom stereocenters. The standard InChI is InChI=1S/C31H36N8O8/c32-27-24-28(34-15-33-27)39(16-35-24)13-22(41)36-19(11-17-7-3-1-4-8-17)29(44)37-20(12-18-9-5-2-6-10-18)30(45)38-23-26(43)25(42)21(14-40)47-31(23)46/h1-10,15-16,19-21,23,25-26,31,40,42-43,46H,11-14H2,(H,36,41)(H,37,44)(H,38,45)(H2,32,33,34). The maximum absolute atomic E-state index is 13.8. The van der Waals surface area contributed by atoms with Crippen molar-refractivity contribution in [1.82, 2.24) is 35.5 Å². The summed E-state index contributed by atoms with van der Waals surface area (Å²) >= 11 is 0. The van der Waals surface area contributed by atoms with Crippen molar-refractivity contribution in [2.75, 3.05) is 12.3 Å². The molecule has 3 amide bonds. The van der Waals surface area contributed by atoms with Crippen LogP contribution in [0.4, 0.5) is 5.82 Å². The Morgan fingerprint density at radius 3 is 2.09 bits per heavy atom. The van der Waals surface area contributed by atoms with Gasteiger partial charge in [0.25, 0.3) is 0 Å². The number of hydrogen-bond acceptors (Lipinski definition) is 12. The highest BCUT2D eigenvalue weighted by Gasteiger charge is 2.45. The second-order valence-corrected chi connectivity index (χ2v) is 11.1. The van der Waals surface area contributed by atoms with Gasteiger partial charge in [-0.2, -0.15) is 0 Å². The van der Waals surface area contributed by atoms with Crippen molar-refractivity contribution in [2.24, 2.45) is 0 Å². The lowest BCUT2D eigenvalue weighted by Crippen LogP contribution is -2.66. The summed E-state index contributed by atoms with van der Waals surface area (Å²) in [5.41, 5.74) is 7.94. The molecule has 0 saturated carbocycles. The molecule has 0 bridgehead atoms. The second kappa shape index (κ2) is 15.1. The van der Waals surface area contributed by atoms with Gasteiger partial charge in [-0.05, 0) is 11.1 Å². The van der Waals surface area contributed by atoms with E-state index in [0.717, 1.165) is 5.56 Å². The highest BCUT2D eigenvalue weighted by molar-refractivity contribution is 5.93. The number of carbonyl (C=O) groups is 3. The summed E-state index contributed by atoms with van der Waals surface area (Å²) in [5.74, 6) is -1.86. The number of fused-ring (bicyclic) bond motifs is 1. The molecule has 2 aromatic carbocycles. The third kappa shape index (κ3) is 8.05. The highest BCUT2D eigenvalue weighted by Crippen LogP contribution is 2.20. The van der Waals surface area contributed by atoms with Crippen LogP contribution in [0.3, 0.4) is 0 Å². The first-order chi connectivity index (χ1) is 22.6. The average molecular weight is 649 g/mol. The lowest BCUT2D eigenvalue weighted by molar-refractivity contribution is -0.254. The first-order valence-corrected chi connectivity index (χ1v) is 14.8. The van der Waals surface area contributed by atoms with Gasteiger partial charge >= 0.3 is 0 Å². The fourth-order valence-corrected chi connectivity index (χ4v) is 5.32. The average Bonchev–Trinajstić information content (AvgIpc) is 3.48. The molecule has 248 valence electrons. The molecule has 9 N–H and O–H groups in total. The van der Waals surface area contributed by atoms with Crippen LogP contribution in [0.15, 0.2) is 73.3 Å². The van der Waals surface area contributed by atoms with Gasteiger partial charge in [0.15, 0.2) is 17.8 Å². The number of nitrogens with zero attached hydrogens (tertiary/aromatic N) is 4. The summed E-state index contributed by atoms with van der Waals surface area (Å²) in [6, 6.07) is 13.9. The third-order valence-electron chi connectivity index (χ3n) is 7.80. The van der Waals surface area contributed by atoms with Gasteiger partial charge in [-0.15, -0.1) is 0 Å². The molecule has 16 heteroatoms. The van der Waals surface area contributed by atoms with E-state index in [2.05, 4.69) is 30.9 Å². The normalized spacial score (nSPS) is 22.3. The topological polar surface area (TPSA) is 247 Å². The summed E-state index contributed by atoms with van der Waals surface area (Å²) in [5, 5.41) is 48.6. The molecule has 16 nitrogen and oxygen atoms in total. The molecule has 2 aromatic heterocycles. The monoisotopic (exact) mass is 648 g/mol. The zero-order chi connectivity index (χ0) is 33.5. The van der Waals surface area contributed by atoms with Gasteiger partial charge < -0.3 is 51.4 Å². The minimum atomic E-state index is -1.76. The number of carbonyl (C=O) groups excluding carboxylic acids is 3. The molecule has 0 spiro atoms. The van der Waals surface area contributed by atoms with Gasteiger partial charge in [0.2, 0.25) is 17.7 Å². The molecule has 4 aromatic rings. The SMILES string of the molecule is Nc1ncnc2c1ncn2CC(=O)NC(Cc1ccccc1)C(=O)NC(Cc1ccccc1)C(=O)NC1C(O)OC(CO)C(O)C1O. The van der Waals surface area contributed by atoms with Crippen molar-refractivity contribution in [3.8, 4) is 0 Å². The van der Waals surface area contributed by atoms with E-state index in [-0.39, 0.29) is 25.2 Å². The van der Waals surface area contributed by atoms with Gasteiger partial charge in [0, 0.05) is 12.8 Å². The summed E-state index contributed by atoms with van der Waals surface area (Å²) in [4.78, 5) is 52.9. The van der Waals surface area contributed by atoms with Crippen LogP contribution in [-0.4, -0.2) is 107 Å².